The van der Waals surface area contributed by atoms with E-state index in [2.05, 4.69) is 42.4 Å². The number of nitrogens with zero attached hydrogens (tertiary/aromatic N) is 7. The van der Waals surface area contributed by atoms with Gasteiger partial charge in [0.15, 0.2) is 5.82 Å². The molecule has 4 aromatic heterocycles. The number of nitrogens with one attached hydrogen (secondary N) is 1. The van der Waals surface area contributed by atoms with Crippen molar-refractivity contribution in [3.63, 3.8) is 0 Å². The molecule has 1 N–H and O–H groups in total. The summed E-state index contributed by atoms with van der Waals surface area (Å²) < 4.78 is 7.89. The van der Waals surface area contributed by atoms with Gasteiger partial charge in [-0.25, -0.2) is 19.9 Å². The smallest absolute Gasteiger partial charge is 0.262 e. The lowest BCUT2D eigenvalue weighted by Gasteiger charge is -2.17. The van der Waals surface area contributed by atoms with E-state index in [1.54, 1.807) is 37.1 Å². The molecule has 0 spiro atoms. The molecule has 0 saturated heterocycles. The fraction of sp³-hybridized carbons (Fsp3) is 0.227. The summed E-state index contributed by atoms with van der Waals surface area (Å²) in [6.07, 6.45) is 9.74. The minimum absolute atomic E-state index is 0.152. The standard InChI is InChI=1S/C22H20N8O2/c1-14-4-3-7-32-22-17(8-15(11-25-22)16-9-23-12-24-10-16)21(31)28-19-6-2-5-18(27-19)20-29-26-13-30(14)20/h2,5-6,8-14H,3-4,7H2,1H3,(H,27,28,31)/t14-/m0/s1. The molecule has 2 bridgehead atoms. The summed E-state index contributed by atoms with van der Waals surface area (Å²) in [6.45, 7) is 2.52. The minimum atomic E-state index is -0.372. The second-order valence-electron chi connectivity index (χ2n) is 7.47. The largest absolute Gasteiger partial charge is 0.477 e. The molecular weight excluding hydrogens is 408 g/mol. The summed E-state index contributed by atoms with van der Waals surface area (Å²) in [6, 6.07) is 7.27. The van der Waals surface area contributed by atoms with Gasteiger partial charge in [-0.2, -0.15) is 0 Å². The molecule has 0 aromatic carbocycles. The van der Waals surface area contributed by atoms with Crippen molar-refractivity contribution < 1.29 is 9.53 Å². The van der Waals surface area contributed by atoms with Crippen LogP contribution in [0.1, 0.15) is 36.2 Å². The van der Waals surface area contributed by atoms with Crippen LogP contribution in [0.5, 0.6) is 5.88 Å². The van der Waals surface area contributed by atoms with Crippen molar-refractivity contribution in [2.45, 2.75) is 25.8 Å². The van der Waals surface area contributed by atoms with E-state index >= 15 is 0 Å². The van der Waals surface area contributed by atoms with Gasteiger partial charge in [0.25, 0.3) is 5.91 Å². The maximum atomic E-state index is 13.2. The molecule has 5 heterocycles. The van der Waals surface area contributed by atoms with Gasteiger partial charge in [0.2, 0.25) is 5.88 Å². The lowest BCUT2D eigenvalue weighted by atomic mass is 10.1. The first-order valence-electron chi connectivity index (χ1n) is 10.3. The predicted molar refractivity (Wildman–Crippen MR) is 116 cm³/mol. The zero-order valence-corrected chi connectivity index (χ0v) is 17.3. The predicted octanol–water partition coefficient (Wildman–Crippen LogP) is 3.18. The van der Waals surface area contributed by atoms with Crippen LogP contribution in [-0.2, 0) is 0 Å². The Balaban J connectivity index is 1.55. The molecule has 1 atom stereocenters. The van der Waals surface area contributed by atoms with E-state index in [0.717, 1.165) is 18.4 Å². The SMILES string of the molecule is C[C@H]1CCCOc2ncc(-c3cncnc3)cc2C(=O)Nc2cccc(n2)-c2nncn21. The van der Waals surface area contributed by atoms with Crippen LogP contribution >= 0.6 is 0 Å². The number of fused-ring (bicyclic) bond motifs is 5. The molecule has 1 amide bonds. The van der Waals surface area contributed by atoms with Crippen molar-refractivity contribution in [2.24, 2.45) is 0 Å². The number of aromatic nitrogens is 7. The first kappa shape index (κ1) is 19.7. The number of ether oxygens (including phenoxy) is 1. The van der Waals surface area contributed by atoms with Gasteiger partial charge in [0.1, 0.15) is 29.7 Å². The molecule has 160 valence electrons. The van der Waals surface area contributed by atoms with Gasteiger partial charge in [-0.1, -0.05) is 6.07 Å². The monoisotopic (exact) mass is 428 g/mol. The van der Waals surface area contributed by atoms with Crippen molar-refractivity contribution >= 4 is 11.7 Å². The summed E-state index contributed by atoms with van der Waals surface area (Å²) in [7, 11) is 0. The van der Waals surface area contributed by atoms with E-state index in [1.165, 1.54) is 6.33 Å². The number of amides is 1. The highest BCUT2D eigenvalue weighted by molar-refractivity contribution is 6.06. The van der Waals surface area contributed by atoms with Crippen LogP contribution in [0.15, 0.2) is 55.5 Å². The van der Waals surface area contributed by atoms with Crippen LogP contribution in [0.4, 0.5) is 5.82 Å². The van der Waals surface area contributed by atoms with E-state index in [-0.39, 0.29) is 17.8 Å². The fourth-order valence-electron chi connectivity index (χ4n) is 3.58. The molecule has 0 saturated carbocycles. The van der Waals surface area contributed by atoms with Gasteiger partial charge in [0.05, 0.1) is 6.61 Å². The van der Waals surface area contributed by atoms with Crippen molar-refractivity contribution in [1.82, 2.24) is 34.7 Å². The van der Waals surface area contributed by atoms with E-state index < -0.39 is 0 Å². The first-order chi connectivity index (χ1) is 15.7. The summed E-state index contributed by atoms with van der Waals surface area (Å²) in [4.78, 5) is 30.2. The quantitative estimate of drug-likeness (QED) is 0.491. The van der Waals surface area contributed by atoms with Crippen molar-refractivity contribution in [2.75, 3.05) is 11.9 Å². The van der Waals surface area contributed by atoms with Crippen LogP contribution in [0.3, 0.4) is 0 Å². The molecule has 1 aliphatic rings. The molecule has 10 heteroatoms. The Labute approximate surface area is 183 Å². The zero-order chi connectivity index (χ0) is 21.9. The first-order valence-corrected chi connectivity index (χ1v) is 10.3. The highest BCUT2D eigenvalue weighted by Crippen LogP contribution is 2.27. The Kier molecular flexibility index (Phi) is 5.24. The van der Waals surface area contributed by atoms with E-state index in [0.29, 0.717) is 35.1 Å². The van der Waals surface area contributed by atoms with Gasteiger partial charge in [-0.05, 0) is 38.0 Å². The van der Waals surface area contributed by atoms with Gasteiger partial charge in [-0.3, -0.25) is 4.79 Å². The summed E-state index contributed by atoms with van der Waals surface area (Å²) >= 11 is 0. The summed E-state index contributed by atoms with van der Waals surface area (Å²) in [5.41, 5.74) is 2.41. The Morgan fingerprint density at radius 2 is 2.03 bits per heavy atom. The molecule has 0 unspecified atom stereocenters. The number of carbonyl (C=O) groups is 1. The average molecular weight is 428 g/mol. The van der Waals surface area contributed by atoms with Crippen molar-refractivity contribution in [3.8, 4) is 28.5 Å². The van der Waals surface area contributed by atoms with Gasteiger partial charge < -0.3 is 14.6 Å². The third-order valence-corrected chi connectivity index (χ3v) is 5.26. The molecule has 5 rings (SSSR count). The number of rotatable bonds is 1. The lowest BCUT2D eigenvalue weighted by molar-refractivity contribution is 0.102. The van der Waals surface area contributed by atoms with E-state index in [4.69, 9.17) is 4.74 Å². The normalized spacial score (nSPS) is 16.2. The molecule has 4 aromatic rings. The van der Waals surface area contributed by atoms with Gasteiger partial charge in [0, 0.05) is 35.8 Å². The van der Waals surface area contributed by atoms with Gasteiger partial charge >= 0.3 is 0 Å². The Hall–Kier alpha value is -4.21. The van der Waals surface area contributed by atoms with Crippen molar-refractivity contribution in [3.05, 3.63) is 61.1 Å². The molecule has 1 aliphatic heterocycles. The molecule has 0 aliphatic carbocycles. The van der Waals surface area contributed by atoms with E-state index in [9.17, 15) is 4.79 Å². The fourth-order valence-corrected chi connectivity index (χ4v) is 3.58. The molecule has 10 nitrogen and oxygen atoms in total. The lowest BCUT2D eigenvalue weighted by Crippen LogP contribution is -2.17. The highest BCUT2D eigenvalue weighted by atomic mass is 16.5. The number of hydrogen-bond acceptors (Lipinski definition) is 8. The van der Waals surface area contributed by atoms with E-state index in [1.807, 2.05) is 16.7 Å². The summed E-state index contributed by atoms with van der Waals surface area (Å²) in [5, 5.41) is 11.1. The second kappa shape index (κ2) is 8.50. The maximum absolute atomic E-state index is 13.2. The Morgan fingerprint density at radius 3 is 2.91 bits per heavy atom. The molecular formula is C22H20N8O2. The second-order valence-corrected chi connectivity index (χ2v) is 7.47. The molecule has 32 heavy (non-hydrogen) atoms. The van der Waals surface area contributed by atoms with Crippen LogP contribution in [0.25, 0.3) is 22.6 Å². The van der Waals surface area contributed by atoms with Crippen LogP contribution < -0.4 is 10.1 Å². The average Bonchev–Trinajstić information content (AvgIpc) is 3.32. The van der Waals surface area contributed by atoms with Crippen LogP contribution in [0, 0.1) is 0 Å². The molecule has 0 radical (unpaired) electrons. The topological polar surface area (TPSA) is 121 Å². The minimum Gasteiger partial charge on any atom is -0.477 e. The highest BCUT2D eigenvalue weighted by Gasteiger charge is 2.20. The van der Waals surface area contributed by atoms with Crippen LogP contribution in [0.2, 0.25) is 0 Å². The number of hydrogen-bond donors (Lipinski definition) is 1. The zero-order valence-electron chi connectivity index (χ0n) is 17.3. The van der Waals surface area contributed by atoms with Crippen LogP contribution in [-0.4, -0.2) is 47.2 Å². The summed E-state index contributed by atoms with van der Waals surface area (Å²) in [5.74, 6) is 0.947. The van der Waals surface area contributed by atoms with Crippen molar-refractivity contribution in [1.29, 1.82) is 0 Å². The maximum Gasteiger partial charge on any atom is 0.262 e. The Morgan fingerprint density at radius 1 is 1.16 bits per heavy atom. The van der Waals surface area contributed by atoms with Gasteiger partial charge in [-0.15, -0.1) is 10.2 Å². The third-order valence-electron chi connectivity index (χ3n) is 5.26. The third kappa shape index (κ3) is 3.89. The number of pyridine rings is 2. The molecule has 0 fully saturated rings. The number of carbonyl (C=O) groups excluding carboxylic acids is 1. The number of anilines is 1. The Bertz CT molecular complexity index is 1260.